The molecular formula is C9H15N5S. The number of nitrogens with one attached hydrogen (secondary N) is 2. The largest absolute Gasteiger partial charge is 0.320 e. The summed E-state index contributed by atoms with van der Waals surface area (Å²) < 4.78 is 0. The molecule has 0 amide bonds. The van der Waals surface area contributed by atoms with E-state index >= 15 is 0 Å². The van der Waals surface area contributed by atoms with Gasteiger partial charge >= 0.3 is 0 Å². The molecule has 0 fully saturated rings. The lowest BCUT2D eigenvalue weighted by Gasteiger charge is -2.20. The van der Waals surface area contributed by atoms with E-state index in [1.165, 1.54) is 0 Å². The first-order chi connectivity index (χ1) is 7.08. The number of thiocarbonyl (C=S) groups is 1. The zero-order valence-electron chi connectivity index (χ0n) is 8.82. The van der Waals surface area contributed by atoms with Crippen molar-refractivity contribution in [2.45, 2.75) is 6.92 Å². The summed E-state index contributed by atoms with van der Waals surface area (Å²) in [4.78, 5) is 5.57. The number of hydrazine groups is 1. The second-order valence-electron chi connectivity index (χ2n) is 2.60. The molecule has 5 nitrogen and oxygen atoms in total. The Morgan fingerprint density at radius 1 is 1.67 bits per heavy atom. The number of nitrogens with two attached hydrogens (primary N) is 1. The summed E-state index contributed by atoms with van der Waals surface area (Å²) in [6.45, 7) is 5.61. The molecule has 0 heterocycles. The van der Waals surface area contributed by atoms with E-state index in [0.29, 0.717) is 16.5 Å². The molecular weight excluding hydrogens is 210 g/mol. The number of rotatable bonds is 4. The van der Waals surface area contributed by atoms with Gasteiger partial charge in [-0.05, 0) is 19.1 Å². The second-order valence-corrected chi connectivity index (χ2v) is 2.98. The fourth-order valence-corrected chi connectivity index (χ4v) is 0.851. The van der Waals surface area contributed by atoms with E-state index in [4.69, 9.17) is 23.5 Å². The van der Waals surface area contributed by atoms with Crippen LogP contribution < -0.4 is 11.3 Å². The van der Waals surface area contributed by atoms with Crippen LogP contribution in [0.15, 0.2) is 29.5 Å². The van der Waals surface area contributed by atoms with Gasteiger partial charge in [0.1, 0.15) is 5.71 Å². The SMILES string of the molecule is C=C(C(C=N)=N/C=C\C)N(C)C(=S)NN. The average Bonchev–Trinajstić information content (AvgIpc) is 2.27. The molecule has 0 radical (unpaired) electrons. The van der Waals surface area contributed by atoms with Crippen molar-refractivity contribution in [2.75, 3.05) is 7.05 Å². The number of hydrogen-bond acceptors (Lipinski definition) is 4. The minimum absolute atomic E-state index is 0.315. The lowest BCUT2D eigenvalue weighted by Crippen LogP contribution is -2.41. The van der Waals surface area contributed by atoms with E-state index in [1.54, 1.807) is 24.2 Å². The summed E-state index contributed by atoms with van der Waals surface area (Å²) in [6, 6.07) is 0. The normalized spacial score (nSPS) is 11.3. The molecule has 0 saturated carbocycles. The van der Waals surface area contributed by atoms with Crippen LogP contribution >= 0.6 is 12.2 Å². The molecule has 82 valence electrons. The average molecular weight is 225 g/mol. The molecule has 0 aromatic rings. The Kier molecular flexibility index (Phi) is 6.16. The Balaban J connectivity index is 4.81. The highest BCUT2D eigenvalue weighted by Crippen LogP contribution is 2.01. The van der Waals surface area contributed by atoms with E-state index < -0.39 is 0 Å². The van der Waals surface area contributed by atoms with Crippen LogP contribution in [0.4, 0.5) is 0 Å². The van der Waals surface area contributed by atoms with Crippen molar-refractivity contribution in [3.63, 3.8) is 0 Å². The van der Waals surface area contributed by atoms with Gasteiger partial charge in [-0.25, -0.2) is 5.84 Å². The minimum Gasteiger partial charge on any atom is -0.320 e. The van der Waals surface area contributed by atoms with Crippen molar-refractivity contribution in [3.05, 3.63) is 24.6 Å². The summed E-state index contributed by atoms with van der Waals surface area (Å²) >= 11 is 4.91. The van der Waals surface area contributed by atoms with Crippen molar-refractivity contribution in [2.24, 2.45) is 10.8 Å². The molecule has 0 saturated heterocycles. The van der Waals surface area contributed by atoms with E-state index in [1.807, 2.05) is 6.92 Å². The quantitative estimate of drug-likeness (QED) is 0.286. The van der Waals surface area contributed by atoms with Gasteiger partial charge in [0.2, 0.25) is 0 Å². The topological polar surface area (TPSA) is 77.5 Å². The van der Waals surface area contributed by atoms with Gasteiger partial charge in [-0.1, -0.05) is 12.7 Å². The highest BCUT2D eigenvalue weighted by molar-refractivity contribution is 7.80. The molecule has 4 N–H and O–H groups in total. The van der Waals surface area contributed by atoms with Crippen molar-refractivity contribution < 1.29 is 0 Å². The number of nitrogens with zero attached hydrogens (tertiary/aromatic N) is 2. The lowest BCUT2D eigenvalue weighted by molar-refractivity contribution is 0.642. The molecule has 0 aromatic carbocycles. The molecule has 0 unspecified atom stereocenters. The summed E-state index contributed by atoms with van der Waals surface area (Å²) in [7, 11) is 1.69. The first-order valence-corrected chi connectivity index (χ1v) is 4.62. The monoisotopic (exact) mass is 225 g/mol. The Morgan fingerprint density at radius 2 is 2.27 bits per heavy atom. The first kappa shape index (κ1) is 13.5. The maximum absolute atomic E-state index is 7.19. The maximum atomic E-state index is 7.19. The predicted octanol–water partition coefficient (Wildman–Crippen LogP) is 0.804. The first-order valence-electron chi connectivity index (χ1n) is 4.21. The van der Waals surface area contributed by atoms with Crippen molar-refractivity contribution >= 4 is 29.3 Å². The minimum atomic E-state index is 0.315. The third-order valence-corrected chi connectivity index (χ3v) is 2.02. The van der Waals surface area contributed by atoms with Crippen LogP contribution in [0.5, 0.6) is 0 Å². The third kappa shape index (κ3) is 4.01. The van der Waals surface area contributed by atoms with Crippen LogP contribution in [0.3, 0.4) is 0 Å². The number of aliphatic imine (C=N–C) groups is 1. The fraction of sp³-hybridized carbons (Fsp3) is 0.222. The zero-order valence-corrected chi connectivity index (χ0v) is 9.64. The zero-order chi connectivity index (χ0) is 11.8. The Hall–Kier alpha value is -1.53. The second kappa shape index (κ2) is 6.86. The summed E-state index contributed by atoms with van der Waals surface area (Å²) in [5.74, 6) is 5.17. The van der Waals surface area contributed by atoms with Crippen LogP contribution in [0.2, 0.25) is 0 Å². The number of allylic oxidation sites excluding steroid dienone is 2. The van der Waals surface area contributed by atoms with Gasteiger partial charge in [0.25, 0.3) is 0 Å². The summed E-state index contributed by atoms with van der Waals surface area (Å²) in [6.07, 6.45) is 4.45. The van der Waals surface area contributed by atoms with Gasteiger partial charge < -0.3 is 15.7 Å². The molecule has 0 bridgehead atoms. The Bertz CT molecular complexity index is 318. The molecule has 0 aliphatic heterocycles. The molecule has 0 spiro atoms. The Labute approximate surface area is 94.8 Å². The van der Waals surface area contributed by atoms with Gasteiger partial charge in [-0.3, -0.25) is 4.99 Å². The highest BCUT2D eigenvalue weighted by Gasteiger charge is 2.10. The van der Waals surface area contributed by atoms with Gasteiger partial charge in [-0.2, -0.15) is 0 Å². The molecule has 0 aromatic heterocycles. The molecule has 6 heteroatoms. The van der Waals surface area contributed by atoms with Gasteiger partial charge in [0, 0.05) is 19.5 Å². The lowest BCUT2D eigenvalue weighted by atomic mass is 10.3. The predicted molar refractivity (Wildman–Crippen MR) is 67.9 cm³/mol. The van der Waals surface area contributed by atoms with Gasteiger partial charge in [0.15, 0.2) is 5.11 Å². The van der Waals surface area contributed by atoms with Crippen LogP contribution in [-0.2, 0) is 0 Å². The van der Waals surface area contributed by atoms with Crippen molar-refractivity contribution in [1.82, 2.24) is 10.3 Å². The van der Waals surface area contributed by atoms with Crippen LogP contribution in [-0.4, -0.2) is 29.0 Å². The standard InChI is InChI=1S/C9H15N5S/c1-4-5-12-8(6-10)7(2)14(3)9(15)13-11/h4-6,10H,2,11H2,1,3H3,(H,13,15)/b5-4-,10-6?,12-8?. The number of hydrogen-bond donors (Lipinski definition) is 3. The van der Waals surface area contributed by atoms with E-state index in [-0.39, 0.29) is 0 Å². The van der Waals surface area contributed by atoms with Crippen molar-refractivity contribution in [1.29, 1.82) is 5.41 Å². The van der Waals surface area contributed by atoms with Gasteiger partial charge in [-0.15, -0.1) is 0 Å². The highest BCUT2D eigenvalue weighted by atomic mass is 32.1. The fourth-order valence-electron chi connectivity index (χ4n) is 0.741. The molecule has 15 heavy (non-hydrogen) atoms. The summed E-state index contributed by atoms with van der Waals surface area (Å²) in [5, 5.41) is 7.50. The van der Waals surface area contributed by atoms with Crippen molar-refractivity contribution in [3.8, 4) is 0 Å². The van der Waals surface area contributed by atoms with E-state index in [9.17, 15) is 0 Å². The third-order valence-electron chi connectivity index (χ3n) is 1.63. The Morgan fingerprint density at radius 3 is 2.67 bits per heavy atom. The molecule has 0 aliphatic carbocycles. The van der Waals surface area contributed by atoms with E-state index in [0.717, 1.165) is 6.21 Å². The van der Waals surface area contributed by atoms with Gasteiger partial charge in [0.05, 0.1) is 5.70 Å². The van der Waals surface area contributed by atoms with Crippen LogP contribution in [0, 0.1) is 5.41 Å². The van der Waals surface area contributed by atoms with E-state index in [2.05, 4.69) is 17.0 Å². The summed E-state index contributed by atoms with van der Waals surface area (Å²) in [5.41, 5.74) is 3.26. The van der Waals surface area contributed by atoms with Crippen LogP contribution in [0.25, 0.3) is 0 Å². The van der Waals surface area contributed by atoms with Crippen LogP contribution in [0.1, 0.15) is 6.92 Å². The molecule has 0 rings (SSSR count). The molecule has 0 aliphatic rings. The smallest absolute Gasteiger partial charge is 0.187 e. The molecule has 0 atom stereocenters. The maximum Gasteiger partial charge on any atom is 0.187 e.